The van der Waals surface area contributed by atoms with Crippen molar-refractivity contribution < 1.29 is 0 Å². The number of unbranched alkanes of at least 4 members (excludes halogenated alkanes) is 1. The average molecular weight is 160 g/mol. The maximum atomic E-state index is 5.16. The molecular weight excluding hydrogens is 140 g/mol. The van der Waals surface area contributed by atoms with E-state index >= 15 is 0 Å². The maximum absolute atomic E-state index is 5.16. The quantitative estimate of drug-likeness (QED) is 0.416. The lowest BCUT2D eigenvalue weighted by Crippen LogP contribution is -2.06. The topological polar surface area (TPSA) is 104 Å². The van der Waals surface area contributed by atoms with Gasteiger partial charge in [0.15, 0.2) is 0 Å². The van der Waals surface area contributed by atoms with Crippen molar-refractivity contribution in [1.82, 2.24) is 0 Å². The maximum Gasteiger partial charge on any atom is 0.0889 e. The molecule has 0 aromatic rings. The minimum Gasteiger partial charge on any atom is -0.386 e. The van der Waals surface area contributed by atoms with E-state index in [1.165, 1.54) is 0 Å². The van der Waals surface area contributed by atoms with E-state index in [9.17, 15) is 0 Å². The van der Waals surface area contributed by atoms with E-state index in [0.29, 0.717) is 5.82 Å². The minimum absolute atomic E-state index is 0.380. The molecule has 0 spiro atoms. The molecule has 4 nitrogen and oxygen atoms in total. The van der Waals surface area contributed by atoms with Crippen LogP contribution < -0.4 is 22.9 Å². The molecule has 0 fully saturated rings. The van der Waals surface area contributed by atoms with Crippen molar-refractivity contribution in [2.75, 3.05) is 13.1 Å². The third-order valence-corrected chi connectivity index (χ3v) is 0.992. The third kappa shape index (κ3) is 26.9. The number of nitrogens with two attached hydrogens (primary N) is 4. The van der Waals surface area contributed by atoms with E-state index in [4.69, 9.17) is 22.9 Å². The van der Waals surface area contributed by atoms with Crippen LogP contribution in [0.25, 0.3) is 0 Å². The van der Waals surface area contributed by atoms with E-state index < -0.39 is 0 Å². The lowest BCUT2D eigenvalue weighted by molar-refractivity contribution is 0.755. The molecule has 0 bridgehead atoms. The zero-order valence-corrected chi connectivity index (χ0v) is 7.22. The van der Waals surface area contributed by atoms with Crippen molar-refractivity contribution >= 4 is 0 Å². The number of allylic oxidation sites excluding steroid dienone is 1. The van der Waals surface area contributed by atoms with Crippen LogP contribution in [0.1, 0.15) is 19.8 Å². The largest absolute Gasteiger partial charge is 0.386 e. The van der Waals surface area contributed by atoms with Crippen LogP contribution >= 0.6 is 0 Å². The van der Waals surface area contributed by atoms with Crippen LogP contribution in [0.2, 0.25) is 0 Å². The van der Waals surface area contributed by atoms with Gasteiger partial charge in [0.05, 0.1) is 5.82 Å². The van der Waals surface area contributed by atoms with E-state index in [2.05, 4.69) is 0 Å². The van der Waals surface area contributed by atoms with Gasteiger partial charge in [-0.3, -0.25) is 0 Å². The molecule has 0 unspecified atom stereocenters. The summed E-state index contributed by atoms with van der Waals surface area (Å²) in [6.07, 6.45) is 3.77. The summed E-state index contributed by atoms with van der Waals surface area (Å²) in [5.41, 5.74) is 20.2. The second-order valence-electron chi connectivity index (χ2n) is 2.07. The van der Waals surface area contributed by atoms with E-state index in [0.717, 1.165) is 25.9 Å². The van der Waals surface area contributed by atoms with Crippen molar-refractivity contribution in [2.24, 2.45) is 22.9 Å². The molecule has 0 atom stereocenters. The Kier molecular flexibility index (Phi) is 14.1. The fourth-order valence-corrected chi connectivity index (χ4v) is 0.289. The highest BCUT2D eigenvalue weighted by Crippen LogP contribution is 1.77. The second-order valence-corrected chi connectivity index (χ2v) is 2.07. The minimum atomic E-state index is 0.380. The van der Waals surface area contributed by atoms with E-state index in [1.54, 1.807) is 13.0 Å². The molecule has 0 heterocycles. The molecular formula is C7H20N4. The lowest BCUT2D eigenvalue weighted by atomic mass is 10.3. The zero-order chi connectivity index (χ0) is 9.11. The molecule has 11 heavy (non-hydrogen) atoms. The summed E-state index contributed by atoms with van der Waals surface area (Å²) in [6.45, 7) is 3.34. The van der Waals surface area contributed by atoms with Crippen LogP contribution in [-0.4, -0.2) is 13.1 Å². The Hall–Kier alpha value is -0.740. The Labute approximate surface area is 68.6 Å². The summed E-state index contributed by atoms with van der Waals surface area (Å²) in [5.74, 6) is 0.380. The van der Waals surface area contributed by atoms with Gasteiger partial charge in [0.25, 0.3) is 0 Å². The second kappa shape index (κ2) is 12.0. The van der Waals surface area contributed by atoms with Crippen LogP contribution in [0.3, 0.4) is 0 Å². The van der Waals surface area contributed by atoms with Gasteiger partial charge in [-0.15, -0.1) is 0 Å². The number of rotatable bonds is 3. The highest BCUT2D eigenvalue weighted by molar-refractivity contribution is 4.84. The molecule has 4 heteroatoms. The normalized spacial score (nSPS) is 7.91. The standard InChI is InChI=1S/C4H12N2.C3H8N2/c5-3-1-2-4-6;1-2-3(4)5/h1-6H2;2H,4-5H2,1H3. The Morgan fingerprint density at radius 1 is 1.09 bits per heavy atom. The first-order chi connectivity index (χ1) is 5.18. The molecule has 0 aliphatic heterocycles. The Bertz CT molecular complexity index is 82.4. The van der Waals surface area contributed by atoms with Crippen LogP contribution in [0, 0.1) is 0 Å². The molecule has 0 aromatic heterocycles. The number of hydrogen-bond donors (Lipinski definition) is 4. The van der Waals surface area contributed by atoms with Gasteiger partial charge in [0.2, 0.25) is 0 Å². The SMILES string of the molecule is CC=C(N)N.NCCCCN. The van der Waals surface area contributed by atoms with Crippen LogP contribution in [0.5, 0.6) is 0 Å². The Morgan fingerprint density at radius 2 is 1.36 bits per heavy atom. The Morgan fingerprint density at radius 3 is 1.45 bits per heavy atom. The van der Waals surface area contributed by atoms with E-state index in [1.807, 2.05) is 0 Å². The highest BCUT2D eigenvalue weighted by atomic mass is 14.8. The first-order valence-electron chi connectivity index (χ1n) is 3.76. The molecule has 8 N–H and O–H groups in total. The first kappa shape index (κ1) is 12.9. The summed E-state index contributed by atoms with van der Waals surface area (Å²) in [7, 11) is 0. The van der Waals surface area contributed by atoms with Gasteiger partial charge < -0.3 is 22.9 Å². The van der Waals surface area contributed by atoms with Gasteiger partial charge in [-0.1, -0.05) is 0 Å². The van der Waals surface area contributed by atoms with Crippen LogP contribution in [0.15, 0.2) is 11.9 Å². The van der Waals surface area contributed by atoms with Crippen molar-refractivity contribution in [3.05, 3.63) is 11.9 Å². The summed E-state index contributed by atoms with van der Waals surface area (Å²) in [6, 6.07) is 0. The summed E-state index contributed by atoms with van der Waals surface area (Å²) >= 11 is 0. The molecule has 0 radical (unpaired) electrons. The molecule has 0 aliphatic rings. The highest BCUT2D eigenvalue weighted by Gasteiger charge is 1.75. The van der Waals surface area contributed by atoms with Gasteiger partial charge in [0, 0.05) is 0 Å². The zero-order valence-electron chi connectivity index (χ0n) is 7.22. The Balaban J connectivity index is 0. The van der Waals surface area contributed by atoms with Crippen LogP contribution in [-0.2, 0) is 0 Å². The summed E-state index contributed by atoms with van der Waals surface area (Å²) in [5, 5.41) is 0. The molecule has 0 saturated heterocycles. The van der Waals surface area contributed by atoms with Gasteiger partial charge in [-0.2, -0.15) is 0 Å². The monoisotopic (exact) mass is 160 g/mol. The summed E-state index contributed by atoms with van der Waals surface area (Å²) in [4.78, 5) is 0. The molecule has 0 aromatic carbocycles. The van der Waals surface area contributed by atoms with Gasteiger partial charge in [-0.25, -0.2) is 0 Å². The van der Waals surface area contributed by atoms with Gasteiger partial charge in [0.1, 0.15) is 0 Å². The smallest absolute Gasteiger partial charge is 0.0889 e. The predicted octanol–water partition coefficient (Wildman–Crippen LogP) is -0.551. The molecule has 0 rings (SSSR count). The van der Waals surface area contributed by atoms with Gasteiger partial charge in [-0.05, 0) is 38.9 Å². The van der Waals surface area contributed by atoms with E-state index in [-0.39, 0.29) is 0 Å². The average Bonchev–Trinajstić information content (AvgIpc) is 2.02. The predicted molar refractivity (Wildman–Crippen MR) is 49.5 cm³/mol. The fraction of sp³-hybridized carbons (Fsp3) is 0.714. The van der Waals surface area contributed by atoms with Gasteiger partial charge >= 0.3 is 0 Å². The molecule has 0 amide bonds. The third-order valence-electron chi connectivity index (χ3n) is 0.992. The number of hydrogen-bond acceptors (Lipinski definition) is 4. The molecule has 68 valence electrons. The lowest BCUT2D eigenvalue weighted by Gasteiger charge is -1.87. The van der Waals surface area contributed by atoms with Crippen molar-refractivity contribution in [1.29, 1.82) is 0 Å². The fourth-order valence-electron chi connectivity index (χ4n) is 0.289. The van der Waals surface area contributed by atoms with Crippen LogP contribution in [0.4, 0.5) is 0 Å². The van der Waals surface area contributed by atoms with Crippen molar-refractivity contribution in [3.63, 3.8) is 0 Å². The summed E-state index contributed by atoms with van der Waals surface area (Å²) < 4.78 is 0. The molecule has 0 saturated carbocycles. The van der Waals surface area contributed by atoms with Crippen molar-refractivity contribution in [3.8, 4) is 0 Å². The first-order valence-corrected chi connectivity index (χ1v) is 3.76. The van der Waals surface area contributed by atoms with Crippen molar-refractivity contribution in [2.45, 2.75) is 19.8 Å². The molecule has 0 aliphatic carbocycles.